The molecule has 82 valence electrons. The summed E-state index contributed by atoms with van der Waals surface area (Å²) < 4.78 is 0. The van der Waals surface area contributed by atoms with Crippen molar-refractivity contribution < 1.29 is 10.2 Å². The first-order valence-electron chi connectivity index (χ1n) is 3.77. The van der Waals surface area contributed by atoms with Crippen molar-refractivity contribution in [2.24, 2.45) is 0 Å². The Bertz CT molecular complexity index is 80.1. The van der Waals surface area contributed by atoms with E-state index in [4.69, 9.17) is 45.0 Å². The van der Waals surface area contributed by atoms with E-state index in [9.17, 15) is 0 Å². The molecule has 0 aliphatic heterocycles. The molecule has 0 aromatic heterocycles. The first kappa shape index (κ1) is 16.6. The number of hydrogen-bond acceptors (Lipinski definition) is 3. The van der Waals surface area contributed by atoms with E-state index in [1.807, 2.05) is 0 Å². The van der Waals surface area contributed by atoms with Crippen LogP contribution in [0.2, 0.25) is 0 Å². The van der Waals surface area contributed by atoms with Crippen LogP contribution in [0.5, 0.6) is 0 Å². The van der Waals surface area contributed by atoms with Crippen molar-refractivity contribution in [1.29, 1.82) is 0 Å². The molecule has 0 heterocycles. The first-order chi connectivity index (χ1) is 6.22. The lowest BCUT2D eigenvalue weighted by Crippen LogP contribution is -2.12. The predicted octanol–water partition coefficient (Wildman–Crippen LogP) is 1.78. The Morgan fingerprint density at radius 2 is 1.54 bits per heavy atom. The highest BCUT2D eigenvalue weighted by Crippen LogP contribution is 1.99. The second-order valence-corrected chi connectivity index (χ2v) is 4.27. The number of aliphatic hydroxyl groups is 2. The van der Waals surface area contributed by atoms with Gasteiger partial charge in [0, 0.05) is 23.3 Å². The van der Waals surface area contributed by atoms with Crippen LogP contribution in [-0.4, -0.2) is 52.1 Å². The third-order valence-corrected chi connectivity index (χ3v) is 3.00. The van der Waals surface area contributed by atoms with Crippen LogP contribution in [0.1, 0.15) is 0 Å². The van der Waals surface area contributed by atoms with Crippen LogP contribution in [0.15, 0.2) is 0 Å². The van der Waals surface area contributed by atoms with Gasteiger partial charge >= 0.3 is 0 Å². The molecule has 0 fully saturated rings. The fourth-order valence-electron chi connectivity index (χ4n) is 0.260. The molecule has 0 saturated heterocycles. The van der Waals surface area contributed by atoms with Gasteiger partial charge in [-0.1, -0.05) is 0 Å². The smallest absolute Gasteiger partial charge is 0.0905 e. The van der Waals surface area contributed by atoms with Crippen LogP contribution in [-0.2, 0) is 0 Å². The van der Waals surface area contributed by atoms with Gasteiger partial charge in [0.05, 0.1) is 18.6 Å². The minimum absolute atomic E-state index is 0.108. The Balaban J connectivity index is 0. The van der Waals surface area contributed by atoms with Crippen LogP contribution in [0.3, 0.4) is 0 Å². The summed E-state index contributed by atoms with van der Waals surface area (Å²) in [5.41, 5.74) is 0. The van der Waals surface area contributed by atoms with E-state index in [1.54, 1.807) is 11.8 Å². The molecule has 0 aliphatic rings. The number of aliphatic hydroxyl groups excluding tert-OH is 2. The maximum Gasteiger partial charge on any atom is 0.0905 e. The average molecular weight is 270 g/mol. The second-order valence-electron chi connectivity index (χ2n) is 1.98. The largest absolute Gasteiger partial charge is 0.394 e. The first-order valence-corrected chi connectivity index (χ1v) is 6.53. The molecular formula is C7H15Cl3O2S. The SMILES string of the molecule is ClCCSCCCl.OCC(O)CCl. The topological polar surface area (TPSA) is 40.5 Å². The molecular weight excluding hydrogens is 255 g/mol. The van der Waals surface area contributed by atoms with Crippen LogP contribution >= 0.6 is 46.6 Å². The van der Waals surface area contributed by atoms with E-state index in [0.29, 0.717) is 0 Å². The van der Waals surface area contributed by atoms with Crippen molar-refractivity contribution in [2.45, 2.75) is 6.10 Å². The van der Waals surface area contributed by atoms with Crippen LogP contribution in [0.25, 0.3) is 0 Å². The lowest BCUT2D eigenvalue weighted by atomic mass is 10.5. The maximum atomic E-state index is 8.28. The summed E-state index contributed by atoms with van der Waals surface area (Å²) in [6.07, 6.45) is -0.744. The molecule has 0 bridgehead atoms. The van der Waals surface area contributed by atoms with Gasteiger partial charge in [-0.05, 0) is 0 Å². The molecule has 0 radical (unpaired) electrons. The fraction of sp³-hybridized carbons (Fsp3) is 1.00. The number of rotatable bonds is 6. The molecule has 1 unspecified atom stereocenters. The molecule has 6 heteroatoms. The van der Waals surface area contributed by atoms with Gasteiger partial charge in [0.25, 0.3) is 0 Å². The van der Waals surface area contributed by atoms with Crippen LogP contribution in [0.4, 0.5) is 0 Å². The highest BCUT2D eigenvalue weighted by molar-refractivity contribution is 7.99. The summed E-state index contributed by atoms with van der Waals surface area (Å²) >= 11 is 17.6. The molecule has 0 saturated carbocycles. The average Bonchev–Trinajstić information content (AvgIpc) is 2.18. The zero-order valence-corrected chi connectivity index (χ0v) is 10.3. The highest BCUT2D eigenvalue weighted by atomic mass is 35.5. The zero-order chi connectivity index (χ0) is 10.5. The Morgan fingerprint density at radius 1 is 1.08 bits per heavy atom. The standard InChI is InChI=1S/C4H8Cl2S.C3H7ClO2/c5-1-3-7-4-2-6;4-1-3(6)2-5/h1-4H2;3,5-6H,1-2H2. The summed E-state index contributed by atoms with van der Waals surface area (Å²) in [4.78, 5) is 0. The summed E-state index contributed by atoms with van der Waals surface area (Å²) in [7, 11) is 0. The number of hydrogen-bond donors (Lipinski definition) is 2. The Labute approximate surface area is 98.6 Å². The summed E-state index contributed by atoms with van der Waals surface area (Å²) in [5, 5.41) is 16.3. The lowest BCUT2D eigenvalue weighted by Gasteiger charge is -1.95. The fourth-order valence-corrected chi connectivity index (χ4v) is 1.43. The summed E-state index contributed by atoms with van der Waals surface area (Å²) in [5.74, 6) is 3.63. The number of alkyl halides is 3. The van der Waals surface area contributed by atoms with Crippen molar-refractivity contribution in [3.63, 3.8) is 0 Å². The van der Waals surface area contributed by atoms with E-state index in [0.717, 1.165) is 23.3 Å². The molecule has 0 rings (SSSR count). The zero-order valence-electron chi connectivity index (χ0n) is 7.26. The monoisotopic (exact) mass is 268 g/mol. The Morgan fingerprint density at radius 3 is 1.69 bits per heavy atom. The van der Waals surface area contributed by atoms with Gasteiger partial charge in [-0.3, -0.25) is 0 Å². The van der Waals surface area contributed by atoms with Crippen molar-refractivity contribution in [1.82, 2.24) is 0 Å². The van der Waals surface area contributed by atoms with Gasteiger partial charge in [-0.2, -0.15) is 11.8 Å². The lowest BCUT2D eigenvalue weighted by molar-refractivity contribution is 0.112. The van der Waals surface area contributed by atoms with E-state index in [1.165, 1.54) is 0 Å². The van der Waals surface area contributed by atoms with Gasteiger partial charge in [0.15, 0.2) is 0 Å². The van der Waals surface area contributed by atoms with E-state index >= 15 is 0 Å². The normalized spacial score (nSPS) is 11.8. The summed E-state index contributed by atoms with van der Waals surface area (Å²) in [6, 6.07) is 0. The summed E-state index contributed by atoms with van der Waals surface area (Å²) in [6.45, 7) is -0.247. The van der Waals surface area contributed by atoms with Crippen LogP contribution < -0.4 is 0 Å². The molecule has 0 aliphatic carbocycles. The molecule has 1 atom stereocenters. The van der Waals surface area contributed by atoms with Crippen LogP contribution in [0, 0.1) is 0 Å². The van der Waals surface area contributed by atoms with Gasteiger partial charge in [-0.15, -0.1) is 34.8 Å². The van der Waals surface area contributed by atoms with Gasteiger partial charge in [-0.25, -0.2) is 0 Å². The van der Waals surface area contributed by atoms with E-state index < -0.39 is 6.10 Å². The molecule has 0 aromatic rings. The maximum absolute atomic E-state index is 8.28. The number of thioether (sulfide) groups is 1. The third kappa shape index (κ3) is 19.5. The molecule has 0 aromatic carbocycles. The molecule has 0 spiro atoms. The van der Waals surface area contributed by atoms with E-state index in [2.05, 4.69) is 0 Å². The van der Waals surface area contributed by atoms with Crippen molar-refractivity contribution in [2.75, 3.05) is 35.8 Å². The van der Waals surface area contributed by atoms with Gasteiger partial charge in [0.2, 0.25) is 0 Å². The quantitative estimate of drug-likeness (QED) is 0.570. The molecule has 0 amide bonds. The minimum atomic E-state index is -0.744. The third-order valence-electron chi connectivity index (χ3n) is 0.832. The molecule has 13 heavy (non-hydrogen) atoms. The van der Waals surface area contributed by atoms with Crippen molar-refractivity contribution in [3.05, 3.63) is 0 Å². The Hall–Kier alpha value is 1.14. The van der Waals surface area contributed by atoms with Gasteiger partial charge < -0.3 is 10.2 Å². The highest BCUT2D eigenvalue weighted by Gasteiger charge is 1.94. The molecule has 2 nitrogen and oxygen atoms in total. The minimum Gasteiger partial charge on any atom is -0.394 e. The molecule has 2 N–H and O–H groups in total. The number of halogens is 3. The Kier molecular flexibility index (Phi) is 19.9. The predicted molar refractivity (Wildman–Crippen MR) is 62.6 cm³/mol. The van der Waals surface area contributed by atoms with Crippen molar-refractivity contribution >= 4 is 46.6 Å². The second kappa shape index (κ2) is 15.6. The van der Waals surface area contributed by atoms with Gasteiger partial charge in [0.1, 0.15) is 0 Å². The van der Waals surface area contributed by atoms with Crippen molar-refractivity contribution in [3.8, 4) is 0 Å². The van der Waals surface area contributed by atoms with E-state index in [-0.39, 0.29) is 12.5 Å².